The Morgan fingerprint density at radius 1 is 1.03 bits per heavy atom. The van der Waals surface area contributed by atoms with Crippen LogP contribution in [0.25, 0.3) is 6.08 Å². The molecule has 0 fully saturated rings. The molecule has 0 spiro atoms. The highest BCUT2D eigenvalue weighted by Crippen LogP contribution is 2.28. The summed E-state index contributed by atoms with van der Waals surface area (Å²) in [6.45, 7) is 6.93. The van der Waals surface area contributed by atoms with Gasteiger partial charge in [0.05, 0.1) is 13.7 Å². The van der Waals surface area contributed by atoms with Crippen LogP contribution >= 0.6 is 0 Å². The largest absolute Gasteiger partial charge is 0.504 e. The van der Waals surface area contributed by atoms with Gasteiger partial charge in [-0.2, -0.15) is 0 Å². The normalized spacial score (nSPS) is 13.8. The second-order valence-corrected chi connectivity index (χ2v) is 8.90. The Hall–Kier alpha value is -4.49. The number of nitrogens with two attached hydrogens (primary N) is 1. The fraction of sp³-hybridized carbons (Fsp3) is 0.219. The number of phenolic OH excluding ortho intramolecular Hbond substituents is 1. The van der Waals surface area contributed by atoms with Gasteiger partial charge >= 0.3 is 0 Å². The van der Waals surface area contributed by atoms with Crippen LogP contribution in [0.15, 0.2) is 103 Å². The van der Waals surface area contributed by atoms with Gasteiger partial charge in [-0.3, -0.25) is 14.4 Å². The lowest BCUT2D eigenvalue weighted by Gasteiger charge is -2.25. The number of ether oxygens (including phenoxy) is 1. The van der Waals surface area contributed by atoms with Gasteiger partial charge < -0.3 is 20.9 Å². The predicted molar refractivity (Wildman–Crippen MR) is 155 cm³/mol. The number of Topliss-reactive ketones (excluding diaryl/α,β-unsaturated/α-hetero) is 1. The van der Waals surface area contributed by atoms with Crippen LogP contribution in [0.2, 0.25) is 0 Å². The molecule has 2 atom stereocenters. The summed E-state index contributed by atoms with van der Waals surface area (Å²) in [6.07, 6.45) is 11.6. The summed E-state index contributed by atoms with van der Waals surface area (Å²) < 4.78 is 5.06. The lowest BCUT2D eigenvalue weighted by Crippen LogP contribution is -2.38. The molecule has 7 heteroatoms. The quantitative estimate of drug-likeness (QED) is 0.169. The Bertz CT molecular complexity index is 1290. The third kappa shape index (κ3) is 9.72. The van der Waals surface area contributed by atoms with Gasteiger partial charge in [-0.05, 0) is 67.3 Å². The van der Waals surface area contributed by atoms with Gasteiger partial charge in [0.2, 0.25) is 0 Å². The van der Waals surface area contributed by atoms with E-state index in [1.165, 1.54) is 38.3 Å². The number of aromatic hydroxyl groups is 1. The number of ketones is 3. The van der Waals surface area contributed by atoms with E-state index in [4.69, 9.17) is 10.5 Å². The van der Waals surface area contributed by atoms with Crippen molar-refractivity contribution < 1.29 is 24.2 Å². The van der Waals surface area contributed by atoms with E-state index in [1.807, 2.05) is 49.4 Å². The first-order valence-electron chi connectivity index (χ1n) is 12.5. The van der Waals surface area contributed by atoms with Crippen molar-refractivity contribution in [1.29, 1.82) is 0 Å². The van der Waals surface area contributed by atoms with Gasteiger partial charge in [-0.25, -0.2) is 0 Å². The number of carbonyl (C=O) groups excluding carboxylic acids is 3. The van der Waals surface area contributed by atoms with Crippen molar-refractivity contribution in [3.05, 3.63) is 114 Å². The van der Waals surface area contributed by atoms with E-state index in [1.54, 1.807) is 24.3 Å². The average Bonchev–Trinajstić information content (AvgIpc) is 2.93. The van der Waals surface area contributed by atoms with Crippen molar-refractivity contribution in [2.75, 3.05) is 13.7 Å². The van der Waals surface area contributed by atoms with Crippen LogP contribution in [0.5, 0.6) is 11.5 Å². The molecule has 0 aliphatic rings. The minimum atomic E-state index is -1.13. The number of phenols is 1. The van der Waals surface area contributed by atoms with Crippen LogP contribution in [0.4, 0.5) is 0 Å². The summed E-state index contributed by atoms with van der Waals surface area (Å²) in [4.78, 5) is 38.8. The summed E-state index contributed by atoms with van der Waals surface area (Å²) in [5.41, 5.74) is 8.51. The first-order valence-corrected chi connectivity index (χ1v) is 12.5. The summed E-state index contributed by atoms with van der Waals surface area (Å²) in [5, 5.41) is 13.2. The number of hydrogen-bond donors (Lipinski definition) is 3. The maximum absolute atomic E-state index is 13.5. The number of benzene rings is 2. The third-order valence-electron chi connectivity index (χ3n) is 5.92. The van der Waals surface area contributed by atoms with E-state index in [9.17, 15) is 19.5 Å². The summed E-state index contributed by atoms with van der Waals surface area (Å²) in [7, 11) is 1.44. The average molecular weight is 529 g/mol. The Labute approximate surface area is 230 Å². The van der Waals surface area contributed by atoms with Crippen molar-refractivity contribution in [2.24, 2.45) is 11.7 Å². The lowest BCUT2D eigenvalue weighted by molar-refractivity contribution is -0.129. The van der Waals surface area contributed by atoms with Crippen LogP contribution < -0.4 is 15.8 Å². The summed E-state index contributed by atoms with van der Waals surface area (Å²) in [6, 6.07) is 13.1. The fourth-order valence-corrected chi connectivity index (χ4v) is 3.77. The highest BCUT2D eigenvalue weighted by molar-refractivity contribution is 6.13. The molecular formula is C32H36N2O5. The molecule has 0 heterocycles. The molecule has 7 nitrogen and oxygen atoms in total. The van der Waals surface area contributed by atoms with Gasteiger partial charge in [-0.15, -0.1) is 0 Å². The van der Waals surface area contributed by atoms with Crippen LogP contribution in [0.3, 0.4) is 0 Å². The monoisotopic (exact) mass is 528 g/mol. The minimum Gasteiger partial charge on any atom is -0.504 e. The van der Waals surface area contributed by atoms with E-state index in [0.717, 1.165) is 5.57 Å². The molecule has 4 N–H and O–H groups in total. The third-order valence-corrected chi connectivity index (χ3v) is 5.92. The molecule has 2 rings (SSSR count). The predicted octanol–water partition coefficient (Wildman–Crippen LogP) is 5.01. The number of rotatable bonds is 15. The molecule has 0 aliphatic heterocycles. The van der Waals surface area contributed by atoms with Gasteiger partial charge in [0.25, 0.3) is 0 Å². The molecule has 0 aliphatic carbocycles. The Morgan fingerprint density at radius 3 is 2.31 bits per heavy atom. The molecule has 2 aromatic carbocycles. The number of hydrogen-bond acceptors (Lipinski definition) is 7. The molecule has 0 amide bonds. The van der Waals surface area contributed by atoms with Crippen LogP contribution in [-0.2, 0) is 14.4 Å². The molecule has 39 heavy (non-hydrogen) atoms. The molecule has 0 bridgehead atoms. The standard InChI is InChI=1S/C32H36N2O5/c1-5-26(33)22(2)12-8-6-11-15-27(36)31(32(34-21-23(3)35)25-13-9-7-10-14-25)28(37)18-16-24-17-19-30(39-4)29(38)20-24/h5,7-20,31-32,34,38H,1,6,21,33H2,2-4H3/b12-8-,15-11+,18-16+,26-22+. The molecule has 0 aromatic heterocycles. The van der Waals surface area contributed by atoms with E-state index < -0.39 is 23.5 Å². The van der Waals surface area contributed by atoms with Crippen LogP contribution in [-0.4, -0.2) is 36.1 Å². The first kappa shape index (κ1) is 30.7. The second kappa shape index (κ2) is 15.7. The van der Waals surface area contributed by atoms with Gasteiger partial charge in [0.15, 0.2) is 23.1 Å². The van der Waals surface area contributed by atoms with Gasteiger partial charge in [0.1, 0.15) is 11.7 Å². The van der Waals surface area contributed by atoms with Gasteiger partial charge in [0, 0.05) is 11.7 Å². The van der Waals surface area contributed by atoms with Crippen LogP contribution in [0, 0.1) is 5.92 Å². The SMILES string of the molecule is C=C/C(N)=C(C)\C=C/C/C=C/C(=O)C(C(=O)/C=C/c1ccc(OC)c(O)c1)C(NCC(C)=O)c1ccccc1. The molecule has 2 unspecified atom stereocenters. The number of allylic oxidation sites excluding steroid dienone is 7. The first-order chi connectivity index (χ1) is 18.7. The molecule has 0 saturated heterocycles. The molecular weight excluding hydrogens is 492 g/mol. The second-order valence-electron chi connectivity index (χ2n) is 8.90. The highest BCUT2D eigenvalue weighted by Gasteiger charge is 2.33. The molecule has 0 radical (unpaired) electrons. The van der Waals surface area contributed by atoms with Crippen molar-refractivity contribution in [2.45, 2.75) is 26.3 Å². The summed E-state index contributed by atoms with van der Waals surface area (Å²) in [5.74, 6) is -1.87. The lowest BCUT2D eigenvalue weighted by atomic mass is 9.85. The Morgan fingerprint density at radius 2 is 1.69 bits per heavy atom. The van der Waals surface area contributed by atoms with Crippen molar-refractivity contribution in [1.82, 2.24) is 5.32 Å². The maximum atomic E-state index is 13.5. The number of nitrogens with one attached hydrogen (secondary N) is 1. The van der Waals surface area contributed by atoms with Gasteiger partial charge in [-0.1, -0.05) is 67.3 Å². The molecule has 0 saturated carbocycles. The van der Waals surface area contributed by atoms with Crippen LogP contribution in [0.1, 0.15) is 37.4 Å². The smallest absolute Gasteiger partial charge is 0.168 e. The highest BCUT2D eigenvalue weighted by atomic mass is 16.5. The minimum absolute atomic E-state index is 0.00449. The summed E-state index contributed by atoms with van der Waals surface area (Å²) >= 11 is 0. The van der Waals surface area contributed by atoms with E-state index >= 15 is 0 Å². The van der Waals surface area contributed by atoms with Crippen molar-refractivity contribution in [3.63, 3.8) is 0 Å². The zero-order chi connectivity index (χ0) is 28.8. The van der Waals surface area contributed by atoms with E-state index in [0.29, 0.717) is 29.0 Å². The van der Waals surface area contributed by atoms with Crippen molar-refractivity contribution in [3.8, 4) is 11.5 Å². The fourth-order valence-electron chi connectivity index (χ4n) is 3.77. The van der Waals surface area contributed by atoms with E-state index in [-0.39, 0.29) is 18.1 Å². The maximum Gasteiger partial charge on any atom is 0.168 e. The van der Waals surface area contributed by atoms with Crippen molar-refractivity contribution >= 4 is 23.4 Å². The zero-order valence-corrected chi connectivity index (χ0v) is 22.6. The molecule has 204 valence electrons. The topological polar surface area (TPSA) is 119 Å². The zero-order valence-electron chi connectivity index (χ0n) is 22.6. The Balaban J connectivity index is 2.39. The number of methoxy groups -OCH3 is 1. The van der Waals surface area contributed by atoms with E-state index in [2.05, 4.69) is 11.9 Å². The molecule has 2 aromatic rings. The number of carbonyl (C=O) groups is 3. The Kier molecular flexibility index (Phi) is 12.4.